The molecule has 0 fully saturated rings. The minimum Gasteiger partial charge on any atom is -0.462 e. The molecule has 5 nitrogen and oxygen atoms in total. The maximum absolute atomic E-state index is 12.8. The number of rotatable bonds is 46. The molecule has 62 heavy (non-hydrogen) atoms. The standard InChI is InChI=1S/C57H96O5/c1-4-7-10-13-16-19-22-24-26-28-29-30-31-33-36-38-41-44-47-50-56(58)61-54-55(62-57(59)51-48-45-42-39-35-21-18-15-12-9-6-3)53-60-52-49-46-43-40-37-34-32-27-25-23-20-17-14-11-8-5-2/h7,10,15-16,18-19,24-27,29-30,33,36,41,44,55H,4-6,8-9,11-14,17,20-23,28,31-32,34-35,37-40,42-43,45-54H2,1-3H3/b10-7-,18-15-,19-16-,26-24-,27-25-,30-29-,36-33-,44-41-. The van der Waals surface area contributed by atoms with Crippen LogP contribution in [0.25, 0.3) is 0 Å². The van der Waals surface area contributed by atoms with E-state index in [0.717, 1.165) is 77.0 Å². The fourth-order valence-electron chi connectivity index (χ4n) is 6.75. The Balaban J connectivity index is 4.38. The summed E-state index contributed by atoms with van der Waals surface area (Å²) in [6.07, 6.45) is 70.0. The number of esters is 2. The number of ether oxygens (including phenoxy) is 3. The summed E-state index contributed by atoms with van der Waals surface area (Å²) in [5, 5.41) is 0. The first-order chi connectivity index (χ1) is 30.6. The fourth-order valence-corrected chi connectivity index (χ4v) is 6.75. The molecule has 1 unspecified atom stereocenters. The molecule has 0 aromatic rings. The number of carbonyl (C=O) groups is 2. The molecule has 0 spiro atoms. The van der Waals surface area contributed by atoms with E-state index in [1.165, 1.54) is 109 Å². The Morgan fingerprint density at radius 3 is 1.27 bits per heavy atom. The zero-order chi connectivity index (χ0) is 44.9. The monoisotopic (exact) mass is 861 g/mol. The van der Waals surface area contributed by atoms with Crippen molar-refractivity contribution in [2.24, 2.45) is 0 Å². The van der Waals surface area contributed by atoms with E-state index >= 15 is 0 Å². The molecule has 0 saturated heterocycles. The number of unbranched alkanes of at least 4 members (excludes halogenated alkanes) is 19. The summed E-state index contributed by atoms with van der Waals surface area (Å²) in [7, 11) is 0. The van der Waals surface area contributed by atoms with Crippen molar-refractivity contribution in [3.05, 3.63) is 97.2 Å². The van der Waals surface area contributed by atoms with Crippen LogP contribution in [0.15, 0.2) is 97.2 Å². The van der Waals surface area contributed by atoms with Crippen molar-refractivity contribution in [2.75, 3.05) is 19.8 Å². The zero-order valence-corrected chi connectivity index (χ0v) is 40.6. The van der Waals surface area contributed by atoms with Gasteiger partial charge >= 0.3 is 11.9 Å². The van der Waals surface area contributed by atoms with Gasteiger partial charge < -0.3 is 14.2 Å². The topological polar surface area (TPSA) is 61.8 Å². The lowest BCUT2D eigenvalue weighted by atomic mass is 10.1. The second-order valence-corrected chi connectivity index (χ2v) is 16.7. The molecule has 0 radical (unpaired) electrons. The first-order valence-electron chi connectivity index (χ1n) is 25.8. The number of carbonyl (C=O) groups excluding carboxylic acids is 2. The van der Waals surface area contributed by atoms with E-state index in [-0.39, 0.29) is 25.2 Å². The average molecular weight is 861 g/mol. The molecule has 0 aliphatic carbocycles. The third-order valence-corrected chi connectivity index (χ3v) is 10.6. The van der Waals surface area contributed by atoms with Crippen molar-refractivity contribution < 1.29 is 23.8 Å². The number of hydrogen-bond acceptors (Lipinski definition) is 5. The van der Waals surface area contributed by atoms with Crippen LogP contribution in [0, 0.1) is 0 Å². The van der Waals surface area contributed by atoms with Crippen LogP contribution in [-0.4, -0.2) is 37.9 Å². The largest absolute Gasteiger partial charge is 0.462 e. The molecule has 0 rings (SSSR count). The first-order valence-corrected chi connectivity index (χ1v) is 25.8. The normalized spacial score (nSPS) is 13.0. The smallest absolute Gasteiger partial charge is 0.306 e. The van der Waals surface area contributed by atoms with Gasteiger partial charge in [0.25, 0.3) is 0 Å². The van der Waals surface area contributed by atoms with Gasteiger partial charge in [-0.2, -0.15) is 0 Å². The highest BCUT2D eigenvalue weighted by atomic mass is 16.6. The van der Waals surface area contributed by atoms with Crippen LogP contribution in [0.5, 0.6) is 0 Å². The van der Waals surface area contributed by atoms with Crippen molar-refractivity contribution in [3.8, 4) is 0 Å². The van der Waals surface area contributed by atoms with Gasteiger partial charge in [-0.05, 0) is 103 Å². The molecule has 0 N–H and O–H groups in total. The van der Waals surface area contributed by atoms with Crippen LogP contribution in [0.2, 0.25) is 0 Å². The van der Waals surface area contributed by atoms with Crippen molar-refractivity contribution in [2.45, 2.75) is 232 Å². The van der Waals surface area contributed by atoms with Gasteiger partial charge in [0.15, 0.2) is 6.10 Å². The summed E-state index contributed by atoms with van der Waals surface area (Å²) >= 11 is 0. The Hall–Kier alpha value is -3.18. The summed E-state index contributed by atoms with van der Waals surface area (Å²) < 4.78 is 17.3. The van der Waals surface area contributed by atoms with Crippen LogP contribution in [0.3, 0.4) is 0 Å². The van der Waals surface area contributed by atoms with Gasteiger partial charge in [0.1, 0.15) is 6.61 Å². The van der Waals surface area contributed by atoms with Crippen LogP contribution in [-0.2, 0) is 23.8 Å². The van der Waals surface area contributed by atoms with Crippen LogP contribution in [0.1, 0.15) is 226 Å². The highest BCUT2D eigenvalue weighted by Crippen LogP contribution is 2.12. The van der Waals surface area contributed by atoms with Crippen molar-refractivity contribution >= 4 is 11.9 Å². The maximum Gasteiger partial charge on any atom is 0.306 e. The predicted molar refractivity (Wildman–Crippen MR) is 270 cm³/mol. The second kappa shape index (κ2) is 52.2. The molecule has 1 atom stereocenters. The van der Waals surface area contributed by atoms with Crippen LogP contribution >= 0.6 is 0 Å². The van der Waals surface area contributed by atoms with Gasteiger partial charge in [-0.15, -0.1) is 0 Å². The van der Waals surface area contributed by atoms with E-state index in [9.17, 15) is 9.59 Å². The Morgan fingerprint density at radius 2 is 0.774 bits per heavy atom. The molecule has 5 heteroatoms. The van der Waals surface area contributed by atoms with Gasteiger partial charge in [-0.1, -0.05) is 208 Å². The van der Waals surface area contributed by atoms with Gasteiger partial charge in [0.2, 0.25) is 0 Å². The Bertz CT molecular complexity index is 1200. The third-order valence-electron chi connectivity index (χ3n) is 10.6. The van der Waals surface area contributed by atoms with Crippen LogP contribution < -0.4 is 0 Å². The highest BCUT2D eigenvalue weighted by molar-refractivity contribution is 5.70. The van der Waals surface area contributed by atoms with Crippen molar-refractivity contribution in [1.29, 1.82) is 0 Å². The van der Waals surface area contributed by atoms with E-state index in [1.54, 1.807) is 0 Å². The van der Waals surface area contributed by atoms with Crippen LogP contribution in [0.4, 0.5) is 0 Å². The molecule has 0 aromatic heterocycles. The molecule has 0 aliphatic rings. The average Bonchev–Trinajstić information content (AvgIpc) is 3.27. The number of allylic oxidation sites excluding steroid dienone is 16. The fraction of sp³-hybridized carbons (Fsp3) is 0.684. The Kier molecular flexibility index (Phi) is 49.5. The lowest BCUT2D eigenvalue weighted by Crippen LogP contribution is -2.30. The molecular weight excluding hydrogens is 765 g/mol. The molecule has 0 aromatic carbocycles. The summed E-state index contributed by atoms with van der Waals surface area (Å²) in [6.45, 7) is 7.57. The molecular formula is C57H96O5. The SMILES string of the molecule is CC/C=C\C/C=C\C/C=C\C/C=C\C/C=C\C/C=C\CCC(=O)OCC(COCCCCCCCC/C=C\CCCCCCCC)OC(=O)CCCCCCC/C=C\CCCC. The zero-order valence-electron chi connectivity index (χ0n) is 40.6. The lowest BCUT2D eigenvalue weighted by Gasteiger charge is -2.18. The molecule has 0 bridgehead atoms. The van der Waals surface area contributed by atoms with Crippen molar-refractivity contribution in [1.82, 2.24) is 0 Å². The first kappa shape index (κ1) is 58.8. The molecule has 0 heterocycles. The van der Waals surface area contributed by atoms with E-state index in [4.69, 9.17) is 14.2 Å². The quantitative estimate of drug-likeness (QED) is 0.0347. The molecule has 0 amide bonds. The summed E-state index contributed by atoms with van der Waals surface area (Å²) in [4.78, 5) is 25.3. The van der Waals surface area contributed by atoms with Gasteiger partial charge in [-0.25, -0.2) is 0 Å². The Morgan fingerprint density at radius 1 is 0.371 bits per heavy atom. The third kappa shape index (κ3) is 49.5. The summed E-state index contributed by atoms with van der Waals surface area (Å²) in [5.41, 5.74) is 0. The van der Waals surface area contributed by atoms with Gasteiger partial charge in [0, 0.05) is 19.4 Å². The van der Waals surface area contributed by atoms with Gasteiger partial charge in [0.05, 0.1) is 6.61 Å². The van der Waals surface area contributed by atoms with Crippen molar-refractivity contribution in [3.63, 3.8) is 0 Å². The number of hydrogen-bond donors (Lipinski definition) is 0. The van der Waals surface area contributed by atoms with Gasteiger partial charge in [-0.3, -0.25) is 9.59 Å². The highest BCUT2D eigenvalue weighted by Gasteiger charge is 2.17. The molecule has 354 valence electrons. The minimum atomic E-state index is -0.578. The van der Waals surface area contributed by atoms with E-state index in [1.807, 2.05) is 6.08 Å². The van der Waals surface area contributed by atoms with E-state index in [0.29, 0.717) is 25.9 Å². The predicted octanol–water partition coefficient (Wildman–Crippen LogP) is 17.5. The molecule has 0 aliphatic heterocycles. The maximum atomic E-state index is 12.8. The Labute approximate surface area is 383 Å². The van der Waals surface area contributed by atoms with E-state index in [2.05, 4.69) is 112 Å². The molecule has 0 saturated carbocycles. The summed E-state index contributed by atoms with van der Waals surface area (Å²) in [5.74, 6) is -0.511. The lowest BCUT2D eigenvalue weighted by molar-refractivity contribution is -0.162. The van der Waals surface area contributed by atoms with E-state index < -0.39 is 6.10 Å². The summed E-state index contributed by atoms with van der Waals surface area (Å²) in [6, 6.07) is 0. The minimum absolute atomic E-state index is 0.0352. The second-order valence-electron chi connectivity index (χ2n) is 16.7.